The molecule has 0 fully saturated rings. The van der Waals surface area contributed by atoms with E-state index in [2.05, 4.69) is 0 Å². The van der Waals surface area contributed by atoms with Gasteiger partial charge in [0, 0.05) is 19.3 Å². The number of unbranched alkanes of at least 4 members (excludes halogenated alkanes) is 1. The molecule has 0 aromatic heterocycles. The summed E-state index contributed by atoms with van der Waals surface area (Å²) >= 11 is 0. The molecule has 0 aliphatic heterocycles. The van der Waals surface area contributed by atoms with Crippen molar-refractivity contribution in [2.24, 2.45) is 0 Å². The Hall–Kier alpha value is -2.36. The van der Waals surface area contributed by atoms with E-state index in [-0.39, 0.29) is 43.7 Å². The lowest BCUT2D eigenvalue weighted by Gasteiger charge is -2.27. The van der Waals surface area contributed by atoms with Gasteiger partial charge in [0.05, 0.1) is 6.04 Å². The van der Waals surface area contributed by atoms with Crippen molar-refractivity contribution < 1.29 is 40.8 Å². The van der Waals surface area contributed by atoms with Gasteiger partial charge in [-0.3, -0.25) is 14.4 Å². The van der Waals surface area contributed by atoms with Gasteiger partial charge in [0.15, 0.2) is 17.5 Å². The summed E-state index contributed by atoms with van der Waals surface area (Å²) in [4.78, 5) is 35.5. The van der Waals surface area contributed by atoms with Gasteiger partial charge in [-0.15, -0.1) is 0 Å². The van der Waals surface area contributed by atoms with Crippen molar-refractivity contribution in [2.75, 3.05) is 0 Å². The minimum atomic E-state index is -3.97. The average molecular weight is 434 g/mol. The average Bonchev–Trinajstić information content (AvgIpc) is 2.68. The van der Waals surface area contributed by atoms with Crippen molar-refractivity contribution in [3.63, 3.8) is 0 Å². The molecule has 162 valence electrons. The Morgan fingerprint density at radius 3 is 1.59 bits per heavy atom. The van der Waals surface area contributed by atoms with E-state index in [0.29, 0.717) is 6.42 Å². The maximum absolute atomic E-state index is 13.3. The summed E-state index contributed by atoms with van der Waals surface area (Å²) in [6.07, 6.45) is 0.806. The molecule has 10 heteroatoms. The zero-order valence-electron chi connectivity index (χ0n) is 16.7. The van der Waals surface area contributed by atoms with Crippen LogP contribution in [-0.4, -0.2) is 26.7 Å². The molecule has 0 aliphatic rings. The van der Waals surface area contributed by atoms with E-state index in [0.717, 1.165) is 12.1 Å². The third-order valence-electron chi connectivity index (χ3n) is 3.92. The number of aryl methyl sites for hydroxylation is 1. The van der Waals surface area contributed by atoms with Crippen molar-refractivity contribution in [3.8, 4) is 0 Å². The van der Waals surface area contributed by atoms with E-state index in [9.17, 15) is 27.6 Å². The highest BCUT2D eigenvalue weighted by Gasteiger charge is 2.52. The van der Waals surface area contributed by atoms with Crippen LogP contribution in [0.25, 0.3) is 0 Å². The summed E-state index contributed by atoms with van der Waals surface area (Å²) in [7, 11) is -3.97. The van der Waals surface area contributed by atoms with Crippen LogP contribution in [0.4, 0.5) is 13.2 Å². The van der Waals surface area contributed by atoms with Gasteiger partial charge in [0.2, 0.25) is 0 Å². The minimum Gasteiger partial charge on any atom is -0.455 e. The quantitative estimate of drug-likeness (QED) is 0.295. The van der Waals surface area contributed by atoms with Crippen molar-refractivity contribution in [3.05, 3.63) is 35.1 Å². The summed E-state index contributed by atoms with van der Waals surface area (Å²) < 4.78 is 55.5. The fourth-order valence-corrected chi connectivity index (χ4v) is 4.96. The van der Waals surface area contributed by atoms with Crippen LogP contribution >= 0.6 is 0 Å². The number of hydrogen-bond donors (Lipinski definition) is 0. The largest absolute Gasteiger partial charge is 0.705 e. The first kappa shape index (κ1) is 24.7. The first-order chi connectivity index (χ1) is 13.7. The van der Waals surface area contributed by atoms with E-state index in [1.807, 2.05) is 0 Å². The molecule has 0 spiro atoms. The van der Waals surface area contributed by atoms with Crippen LogP contribution in [0.2, 0.25) is 6.04 Å². The van der Waals surface area contributed by atoms with Gasteiger partial charge < -0.3 is 13.3 Å². The van der Waals surface area contributed by atoms with Gasteiger partial charge in [-0.1, -0.05) is 20.8 Å². The predicted molar refractivity (Wildman–Crippen MR) is 99.0 cm³/mol. The molecule has 1 aromatic carbocycles. The van der Waals surface area contributed by atoms with E-state index in [1.165, 1.54) is 0 Å². The van der Waals surface area contributed by atoms with Crippen molar-refractivity contribution in [1.29, 1.82) is 0 Å². The number of hydrogen-bond acceptors (Lipinski definition) is 6. The number of rotatable bonds is 11. The van der Waals surface area contributed by atoms with Crippen LogP contribution in [0.15, 0.2) is 12.1 Å². The Morgan fingerprint density at radius 2 is 1.21 bits per heavy atom. The molecule has 1 aromatic rings. The van der Waals surface area contributed by atoms with Gasteiger partial charge in [0.25, 0.3) is 17.9 Å². The van der Waals surface area contributed by atoms with Crippen LogP contribution in [0, 0.1) is 17.5 Å². The van der Waals surface area contributed by atoms with Crippen LogP contribution in [0.1, 0.15) is 58.4 Å². The first-order valence-corrected chi connectivity index (χ1v) is 11.4. The molecule has 6 nitrogen and oxygen atoms in total. The highest BCUT2D eigenvalue weighted by molar-refractivity contribution is 6.65. The summed E-state index contributed by atoms with van der Waals surface area (Å²) in [5, 5.41) is 0. The molecular formula is C19H25F3O6Si. The predicted octanol–water partition coefficient (Wildman–Crippen LogP) is 4.23. The summed E-state index contributed by atoms with van der Waals surface area (Å²) in [5.74, 6) is -6.13. The third kappa shape index (κ3) is 7.88. The molecule has 0 radical (unpaired) electrons. The lowest BCUT2D eigenvalue weighted by Crippen LogP contribution is -2.50. The minimum absolute atomic E-state index is 0.00374. The fraction of sp³-hybridized carbons (Fsp3) is 0.526. The number of halogens is 3. The number of carbonyl (C=O) groups is 3. The topological polar surface area (TPSA) is 78.9 Å². The van der Waals surface area contributed by atoms with Crippen LogP contribution in [0.5, 0.6) is 0 Å². The Balaban J connectivity index is 2.89. The van der Waals surface area contributed by atoms with Gasteiger partial charge in [-0.25, -0.2) is 13.2 Å². The molecule has 0 heterocycles. The van der Waals surface area contributed by atoms with Gasteiger partial charge >= 0.3 is 8.80 Å². The summed E-state index contributed by atoms with van der Waals surface area (Å²) in [6.45, 7) is 4.63. The molecule has 29 heavy (non-hydrogen) atoms. The van der Waals surface area contributed by atoms with Crippen molar-refractivity contribution in [2.45, 2.75) is 65.3 Å². The lowest BCUT2D eigenvalue weighted by atomic mass is 10.1. The van der Waals surface area contributed by atoms with E-state index in [4.69, 9.17) is 13.3 Å². The molecule has 0 saturated carbocycles. The highest BCUT2D eigenvalue weighted by Crippen LogP contribution is 2.23. The SMILES string of the molecule is CCC(=O)O[Si](CCCCc1cc(F)c(F)c(F)c1)(OC(=O)CC)OC(=O)CC. The molecule has 0 N–H and O–H groups in total. The number of carbonyl (C=O) groups excluding carboxylic acids is 3. The maximum Gasteiger partial charge on any atom is 0.705 e. The lowest BCUT2D eigenvalue weighted by molar-refractivity contribution is -0.150. The molecule has 0 aliphatic carbocycles. The fourth-order valence-electron chi connectivity index (χ4n) is 2.38. The Bertz CT molecular complexity index is 672. The molecule has 0 unspecified atom stereocenters. The van der Waals surface area contributed by atoms with Crippen LogP contribution in [-0.2, 0) is 34.1 Å². The second-order valence-electron chi connectivity index (χ2n) is 6.25. The third-order valence-corrected chi connectivity index (χ3v) is 6.50. The second kappa shape index (κ2) is 11.6. The molecule has 0 atom stereocenters. The Labute approximate surface area is 168 Å². The zero-order chi connectivity index (χ0) is 22.0. The van der Waals surface area contributed by atoms with Crippen LogP contribution in [0.3, 0.4) is 0 Å². The van der Waals surface area contributed by atoms with Gasteiger partial charge in [0.1, 0.15) is 0 Å². The highest BCUT2D eigenvalue weighted by atomic mass is 28.4. The first-order valence-electron chi connectivity index (χ1n) is 9.45. The van der Waals surface area contributed by atoms with Gasteiger partial charge in [-0.05, 0) is 37.0 Å². The van der Waals surface area contributed by atoms with E-state index >= 15 is 0 Å². The smallest absolute Gasteiger partial charge is 0.455 e. The summed E-state index contributed by atoms with van der Waals surface area (Å²) in [5.41, 5.74) is 0.246. The monoisotopic (exact) mass is 434 g/mol. The van der Waals surface area contributed by atoms with Crippen molar-refractivity contribution in [1.82, 2.24) is 0 Å². The van der Waals surface area contributed by atoms with Gasteiger partial charge in [-0.2, -0.15) is 0 Å². The van der Waals surface area contributed by atoms with Crippen molar-refractivity contribution >= 4 is 26.7 Å². The summed E-state index contributed by atoms with van der Waals surface area (Å²) in [6, 6.07) is 1.77. The van der Waals surface area contributed by atoms with E-state index in [1.54, 1.807) is 20.8 Å². The Morgan fingerprint density at radius 1 is 0.793 bits per heavy atom. The zero-order valence-corrected chi connectivity index (χ0v) is 17.7. The molecular weight excluding hydrogens is 409 g/mol. The standard InChI is InChI=1S/C19H25F3O6Si/c1-4-16(23)26-29(27-17(24)5-2,28-18(25)6-3)10-8-7-9-13-11-14(20)19(22)15(21)12-13/h11-12H,4-10H2,1-3H3. The van der Waals surface area contributed by atoms with E-state index < -0.39 is 44.2 Å². The normalized spacial score (nSPS) is 11.1. The Kier molecular flexibility index (Phi) is 9.86. The maximum atomic E-state index is 13.3. The molecule has 0 amide bonds. The molecule has 0 bridgehead atoms. The number of benzene rings is 1. The molecule has 1 rings (SSSR count). The van der Waals surface area contributed by atoms with Crippen LogP contribution < -0.4 is 0 Å². The molecule has 0 saturated heterocycles. The second-order valence-corrected chi connectivity index (χ2v) is 8.72.